The van der Waals surface area contributed by atoms with E-state index in [0.717, 1.165) is 0 Å². The van der Waals surface area contributed by atoms with Gasteiger partial charge >= 0.3 is 12.0 Å². The third kappa shape index (κ3) is 6.62. The maximum Gasteiger partial charge on any atom is 0.341 e. The predicted molar refractivity (Wildman–Crippen MR) is 77.7 cm³/mol. The lowest BCUT2D eigenvalue weighted by Gasteiger charge is -2.17. The lowest BCUT2D eigenvalue weighted by molar-refractivity contribution is -0.139. The van der Waals surface area contributed by atoms with Crippen LogP contribution in [0.5, 0.6) is 5.75 Å². The van der Waals surface area contributed by atoms with Crippen molar-refractivity contribution in [2.45, 2.75) is 6.92 Å². The van der Waals surface area contributed by atoms with Crippen LogP contribution in [0.4, 0.5) is 10.5 Å². The molecule has 2 amide bonds. The zero-order valence-corrected chi connectivity index (χ0v) is 12.2. The van der Waals surface area contributed by atoms with Crippen LogP contribution in [0.2, 0.25) is 0 Å². The first-order valence-electron chi connectivity index (χ1n) is 6.57. The summed E-state index contributed by atoms with van der Waals surface area (Å²) in [5.74, 6) is -0.608. The van der Waals surface area contributed by atoms with Gasteiger partial charge in [0.15, 0.2) is 6.61 Å². The standard InChI is InChI=1S/C14H20N2O5/c1-3-20-9-8-16(2)14(19)15-11-4-6-12(7-5-11)21-10-13(17)18/h4-7H,3,8-10H2,1-2H3,(H,15,19)(H,17,18). The molecule has 0 heterocycles. The van der Waals surface area contributed by atoms with Gasteiger partial charge in [0.25, 0.3) is 0 Å². The van der Waals surface area contributed by atoms with Gasteiger partial charge in [0.1, 0.15) is 5.75 Å². The van der Waals surface area contributed by atoms with Crippen molar-refractivity contribution in [1.82, 2.24) is 4.90 Å². The molecule has 7 heteroatoms. The van der Waals surface area contributed by atoms with Crippen LogP contribution in [0, 0.1) is 0 Å². The molecular formula is C14H20N2O5. The van der Waals surface area contributed by atoms with Crippen LogP contribution in [0.15, 0.2) is 24.3 Å². The number of urea groups is 1. The van der Waals surface area contributed by atoms with Crippen molar-refractivity contribution in [2.24, 2.45) is 0 Å². The molecule has 1 aromatic rings. The van der Waals surface area contributed by atoms with Crippen molar-refractivity contribution >= 4 is 17.7 Å². The maximum absolute atomic E-state index is 11.9. The van der Waals surface area contributed by atoms with Gasteiger partial charge in [0.05, 0.1) is 6.61 Å². The Labute approximate surface area is 123 Å². The topological polar surface area (TPSA) is 88.1 Å². The van der Waals surface area contributed by atoms with Gasteiger partial charge in [-0.05, 0) is 31.2 Å². The Morgan fingerprint density at radius 2 is 1.95 bits per heavy atom. The minimum absolute atomic E-state index is 0.242. The average Bonchev–Trinajstić information content (AvgIpc) is 2.46. The van der Waals surface area contributed by atoms with Gasteiger partial charge in [0, 0.05) is 25.9 Å². The molecule has 1 rings (SSSR count). The van der Waals surface area contributed by atoms with Crippen LogP contribution in [0.3, 0.4) is 0 Å². The molecule has 0 aliphatic heterocycles. The summed E-state index contributed by atoms with van der Waals surface area (Å²) in [5, 5.41) is 11.2. The number of carboxylic acids is 1. The van der Waals surface area contributed by atoms with E-state index in [0.29, 0.717) is 31.2 Å². The first-order valence-corrected chi connectivity index (χ1v) is 6.57. The first kappa shape index (κ1) is 16.8. The monoisotopic (exact) mass is 296 g/mol. The normalized spacial score (nSPS) is 10.0. The van der Waals surface area contributed by atoms with Crippen LogP contribution in [-0.2, 0) is 9.53 Å². The number of nitrogens with one attached hydrogen (secondary N) is 1. The fourth-order valence-electron chi connectivity index (χ4n) is 1.45. The van der Waals surface area contributed by atoms with Crippen molar-refractivity contribution in [3.8, 4) is 5.75 Å². The molecule has 0 radical (unpaired) electrons. The summed E-state index contributed by atoms with van der Waals surface area (Å²) in [6.45, 7) is 3.11. The van der Waals surface area contributed by atoms with E-state index in [1.165, 1.54) is 4.90 Å². The number of rotatable bonds is 8. The van der Waals surface area contributed by atoms with Crippen LogP contribution in [0.25, 0.3) is 0 Å². The number of aliphatic carboxylic acids is 1. The second-order valence-corrected chi connectivity index (χ2v) is 4.26. The second-order valence-electron chi connectivity index (χ2n) is 4.26. The lowest BCUT2D eigenvalue weighted by atomic mass is 10.3. The van der Waals surface area contributed by atoms with Crippen LogP contribution in [-0.4, -0.2) is 55.4 Å². The number of benzene rings is 1. The van der Waals surface area contributed by atoms with E-state index in [2.05, 4.69) is 5.32 Å². The minimum atomic E-state index is -1.04. The smallest absolute Gasteiger partial charge is 0.341 e. The van der Waals surface area contributed by atoms with E-state index >= 15 is 0 Å². The molecule has 0 aliphatic rings. The number of carbonyl (C=O) groups excluding carboxylic acids is 1. The van der Waals surface area contributed by atoms with E-state index in [9.17, 15) is 9.59 Å². The van der Waals surface area contributed by atoms with Crippen molar-refractivity contribution < 1.29 is 24.2 Å². The van der Waals surface area contributed by atoms with Gasteiger partial charge < -0.3 is 24.8 Å². The third-order valence-electron chi connectivity index (χ3n) is 2.59. The number of nitrogens with zero attached hydrogens (tertiary/aromatic N) is 1. The van der Waals surface area contributed by atoms with Crippen molar-refractivity contribution in [1.29, 1.82) is 0 Å². The van der Waals surface area contributed by atoms with E-state index < -0.39 is 12.6 Å². The van der Waals surface area contributed by atoms with Gasteiger partial charge in [-0.15, -0.1) is 0 Å². The highest BCUT2D eigenvalue weighted by Crippen LogP contribution is 2.15. The van der Waals surface area contributed by atoms with Crippen LogP contribution < -0.4 is 10.1 Å². The molecular weight excluding hydrogens is 276 g/mol. The summed E-state index contributed by atoms with van der Waals surface area (Å²) in [5.41, 5.74) is 0.603. The summed E-state index contributed by atoms with van der Waals surface area (Å²) in [6, 6.07) is 6.24. The fourth-order valence-corrected chi connectivity index (χ4v) is 1.45. The third-order valence-corrected chi connectivity index (χ3v) is 2.59. The van der Waals surface area contributed by atoms with Gasteiger partial charge in [-0.2, -0.15) is 0 Å². The van der Waals surface area contributed by atoms with Crippen molar-refractivity contribution in [2.75, 3.05) is 38.7 Å². The SMILES string of the molecule is CCOCCN(C)C(=O)Nc1ccc(OCC(=O)O)cc1. The van der Waals surface area contributed by atoms with Crippen LogP contribution in [0.1, 0.15) is 6.92 Å². The van der Waals surface area contributed by atoms with E-state index in [1.54, 1.807) is 31.3 Å². The van der Waals surface area contributed by atoms with Gasteiger partial charge in [-0.3, -0.25) is 0 Å². The number of hydrogen-bond acceptors (Lipinski definition) is 4. The van der Waals surface area contributed by atoms with Gasteiger partial charge in [-0.1, -0.05) is 0 Å². The molecule has 0 aromatic heterocycles. The Morgan fingerprint density at radius 1 is 1.29 bits per heavy atom. The summed E-state index contributed by atoms with van der Waals surface area (Å²) >= 11 is 0. The van der Waals surface area contributed by atoms with Crippen molar-refractivity contribution in [3.63, 3.8) is 0 Å². The Bertz CT molecular complexity index is 461. The number of carboxylic acid groups (broad SMARTS) is 1. The van der Waals surface area contributed by atoms with Crippen LogP contribution >= 0.6 is 0 Å². The number of likely N-dealkylation sites (N-methyl/N-ethyl adjacent to an activating group) is 1. The number of carbonyl (C=O) groups is 2. The molecule has 0 saturated heterocycles. The Hall–Kier alpha value is -2.28. The average molecular weight is 296 g/mol. The van der Waals surface area contributed by atoms with E-state index in [1.807, 2.05) is 6.92 Å². The van der Waals surface area contributed by atoms with E-state index in [4.69, 9.17) is 14.6 Å². The highest BCUT2D eigenvalue weighted by molar-refractivity contribution is 5.89. The zero-order chi connectivity index (χ0) is 15.7. The number of anilines is 1. The molecule has 0 aliphatic carbocycles. The quantitative estimate of drug-likeness (QED) is 0.712. The number of ether oxygens (including phenoxy) is 2. The summed E-state index contributed by atoms with van der Waals surface area (Å²) in [6.07, 6.45) is 0. The molecule has 0 unspecified atom stereocenters. The largest absolute Gasteiger partial charge is 0.482 e. The number of hydrogen-bond donors (Lipinski definition) is 2. The Balaban J connectivity index is 2.43. The maximum atomic E-state index is 11.9. The second kappa shape index (κ2) is 8.80. The molecule has 0 spiro atoms. The first-order chi connectivity index (χ1) is 10.0. The van der Waals surface area contributed by atoms with E-state index in [-0.39, 0.29) is 6.03 Å². The Kier molecular flexibility index (Phi) is 7.03. The molecule has 7 nitrogen and oxygen atoms in total. The highest BCUT2D eigenvalue weighted by atomic mass is 16.5. The fraction of sp³-hybridized carbons (Fsp3) is 0.429. The molecule has 116 valence electrons. The summed E-state index contributed by atoms with van der Waals surface area (Å²) < 4.78 is 10.2. The Morgan fingerprint density at radius 3 is 2.52 bits per heavy atom. The minimum Gasteiger partial charge on any atom is -0.482 e. The molecule has 1 aromatic carbocycles. The molecule has 0 bridgehead atoms. The molecule has 2 N–H and O–H groups in total. The molecule has 0 atom stereocenters. The number of amides is 2. The van der Waals surface area contributed by atoms with Gasteiger partial charge in [0.2, 0.25) is 0 Å². The van der Waals surface area contributed by atoms with Crippen molar-refractivity contribution in [3.05, 3.63) is 24.3 Å². The highest BCUT2D eigenvalue weighted by Gasteiger charge is 2.08. The molecule has 0 fully saturated rings. The van der Waals surface area contributed by atoms with Gasteiger partial charge in [-0.25, -0.2) is 9.59 Å². The lowest BCUT2D eigenvalue weighted by Crippen LogP contribution is -2.33. The predicted octanol–water partition coefficient (Wildman–Crippen LogP) is 1.65. The molecule has 21 heavy (non-hydrogen) atoms. The summed E-state index contributed by atoms with van der Waals surface area (Å²) in [4.78, 5) is 23.7. The molecule has 0 saturated carbocycles. The zero-order valence-electron chi connectivity index (χ0n) is 12.2. The summed E-state index contributed by atoms with van der Waals surface area (Å²) in [7, 11) is 1.68.